The van der Waals surface area contributed by atoms with Crippen molar-refractivity contribution in [2.45, 2.75) is 4.90 Å². The highest BCUT2D eigenvalue weighted by molar-refractivity contribution is 7.90. The van der Waals surface area contributed by atoms with Gasteiger partial charge in [0.25, 0.3) is 10.0 Å². The van der Waals surface area contributed by atoms with Crippen molar-refractivity contribution in [1.82, 2.24) is 9.71 Å². The molecule has 5 heteroatoms. The summed E-state index contributed by atoms with van der Waals surface area (Å²) in [6.07, 6.45) is 1.76. The highest BCUT2D eigenvalue weighted by Crippen LogP contribution is 2.30. The second kappa shape index (κ2) is 4.68. The molecule has 0 radical (unpaired) electrons. The lowest BCUT2D eigenvalue weighted by atomic mass is 10.1. The maximum atomic E-state index is 12.1. The molecule has 1 aliphatic rings. The summed E-state index contributed by atoms with van der Waals surface area (Å²) >= 11 is 0. The van der Waals surface area contributed by atoms with Crippen LogP contribution in [0.3, 0.4) is 0 Å². The number of aromatic nitrogens is 1. The molecule has 0 saturated carbocycles. The molecule has 3 aromatic rings. The number of hydrogen-bond acceptors (Lipinski definition) is 3. The van der Waals surface area contributed by atoms with Crippen LogP contribution < -0.4 is 4.72 Å². The quantitative estimate of drug-likeness (QED) is 0.752. The predicted molar refractivity (Wildman–Crippen MR) is 86.4 cm³/mol. The highest BCUT2D eigenvalue weighted by Gasteiger charge is 2.28. The number of nitrogens with zero attached hydrogens (tertiary/aromatic N) is 1. The van der Waals surface area contributed by atoms with Crippen LogP contribution in [0, 0.1) is 0 Å². The Morgan fingerprint density at radius 2 is 1.68 bits per heavy atom. The largest absolute Gasteiger partial charge is 0.279 e. The van der Waals surface area contributed by atoms with Crippen LogP contribution in [0.5, 0.6) is 0 Å². The van der Waals surface area contributed by atoms with Gasteiger partial charge in [-0.3, -0.25) is 4.72 Å². The van der Waals surface area contributed by atoms with E-state index >= 15 is 0 Å². The fourth-order valence-corrected chi connectivity index (χ4v) is 3.89. The molecule has 0 atom stereocenters. The third-order valence-electron chi connectivity index (χ3n) is 3.62. The molecule has 1 aromatic heterocycles. The Kier molecular flexibility index (Phi) is 2.77. The summed E-state index contributed by atoms with van der Waals surface area (Å²) in [6.45, 7) is 0. The Bertz CT molecular complexity index is 1020. The summed E-state index contributed by atoms with van der Waals surface area (Å²) in [6, 6.07) is 18.6. The predicted octanol–water partition coefficient (Wildman–Crippen LogP) is 3.02. The maximum absolute atomic E-state index is 12.1. The van der Waals surface area contributed by atoms with Crippen molar-refractivity contribution in [2.24, 2.45) is 0 Å². The zero-order chi connectivity index (χ0) is 15.2. The van der Waals surface area contributed by atoms with E-state index in [9.17, 15) is 8.42 Å². The topological polar surface area (TPSA) is 59.1 Å². The van der Waals surface area contributed by atoms with E-state index in [2.05, 4.69) is 9.71 Å². The van der Waals surface area contributed by atoms with E-state index in [1.807, 2.05) is 42.5 Å². The molecule has 1 N–H and O–H groups in total. The lowest BCUT2D eigenvalue weighted by molar-refractivity contribution is 0.594. The van der Waals surface area contributed by atoms with Gasteiger partial charge in [-0.15, -0.1) is 0 Å². The van der Waals surface area contributed by atoms with Crippen molar-refractivity contribution >= 4 is 32.7 Å². The van der Waals surface area contributed by atoms with E-state index in [-0.39, 0.29) is 0 Å². The van der Waals surface area contributed by atoms with Crippen LogP contribution in [-0.2, 0) is 10.0 Å². The molecule has 0 amide bonds. The molecule has 0 unspecified atom stereocenters. The molecule has 4 rings (SSSR count). The Morgan fingerprint density at radius 3 is 2.59 bits per heavy atom. The van der Waals surface area contributed by atoms with Gasteiger partial charge < -0.3 is 0 Å². The normalized spacial score (nSPS) is 17.4. The summed E-state index contributed by atoms with van der Waals surface area (Å²) in [5.41, 5.74) is 2.83. The molecule has 0 aliphatic carbocycles. The van der Waals surface area contributed by atoms with E-state index in [0.29, 0.717) is 21.8 Å². The smallest absolute Gasteiger partial charge is 0.262 e. The third-order valence-corrected chi connectivity index (χ3v) is 5.05. The average Bonchev–Trinajstić information content (AvgIpc) is 2.79. The van der Waals surface area contributed by atoms with Crippen LogP contribution in [0.15, 0.2) is 65.6 Å². The Labute approximate surface area is 128 Å². The van der Waals surface area contributed by atoms with E-state index < -0.39 is 10.0 Å². The van der Waals surface area contributed by atoms with Crippen molar-refractivity contribution in [1.29, 1.82) is 0 Å². The van der Waals surface area contributed by atoms with E-state index in [1.54, 1.807) is 24.3 Å². The number of fused-ring (bicyclic) bond motifs is 2. The third kappa shape index (κ3) is 2.07. The first kappa shape index (κ1) is 13.0. The van der Waals surface area contributed by atoms with E-state index in [1.165, 1.54) is 0 Å². The number of hydrogen-bond donors (Lipinski definition) is 1. The molecule has 2 aromatic carbocycles. The van der Waals surface area contributed by atoms with Crippen molar-refractivity contribution in [3.05, 3.63) is 71.9 Å². The molecule has 0 bridgehead atoms. The maximum Gasteiger partial charge on any atom is 0.262 e. The van der Waals surface area contributed by atoms with Gasteiger partial charge >= 0.3 is 0 Å². The van der Waals surface area contributed by atoms with Gasteiger partial charge in [0.15, 0.2) is 0 Å². The van der Waals surface area contributed by atoms with Gasteiger partial charge in [0, 0.05) is 10.9 Å². The number of nitrogens with one attached hydrogen (secondary N) is 1. The molecule has 0 spiro atoms. The first-order valence-corrected chi connectivity index (χ1v) is 8.31. The Hall–Kier alpha value is -2.66. The van der Waals surface area contributed by atoms with Crippen LogP contribution in [0.4, 0.5) is 0 Å². The number of pyridine rings is 1. The van der Waals surface area contributed by atoms with Gasteiger partial charge in [-0.2, -0.15) is 0 Å². The second-order valence-electron chi connectivity index (χ2n) is 5.09. The number of para-hydroxylation sites is 1. The number of sulfonamides is 1. The monoisotopic (exact) mass is 308 g/mol. The Balaban J connectivity index is 1.86. The number of benzene rings is 2. The van der Waals surface area contributed by atoms with Crippen LogP contribution >= 0.6 is 0 Å². The summed E-state index contributed by atoms with van der Waals surface area (Å²) < 4.78 is 26.8. The van der Waals surface area contributed by atoms with Gasteiger partial charge in [0.2, 0.25) is 0 Å². The molecule has 0 saturated heterocycles. The molecule has 2 heterocycles. The fourth-order valence-electron chi connectivity index (χ4n) is 2.60. The number of rotatable bonds is 1. The zero-order valence-corrected chi connectivity index (χ0v) is 12.3. The molecule has 4 nitrogen and oxygen atoms in total. The van der Waals surface area contributed by atoms with Gasteiger partial charge in [0.1, 0.15) is 0 Å². The minimum atomic E-state index is -3.46. The second-order valence-corrected chi connectivity index (χ2v) is 6.74. The molecule has 1 aliphatic heterocycles. The first-order chi connectivity index (χ1) is 10.6. The van der Waals surface area contributed by atoms with Crippen LogP contribution in [-0.4, -0.2) is 13.4 Å². The molecule has 22 heavy (non-hydrogen) atoms. The average molecular weight is 308 g/mol. The SMILES string of the molecule is O=S1(=O)N/C(=C/c2ccc3ccccc3n2)c2ccccc21. The van der Waals surface area contributed by atoms with Crippen LogP contribution in [0.2, 0.25) is 0 Å². The van der Waals surface area contributed by atoms with Crippen LogP contribution in [0.25, 0.3) is 22.7 Å². The molecule has 108 valence electrons. The standard InChI is InChI=1S/C17H12N2O2S/c20-22(21)17-8-4-2-6-14(17)16(19-22)11-13-10-9-12-5-1-3-7-15(12)18-13/h1-11,19H/b16-11+. The van der Waals surface area contributed by atoms with Gasteiger partial charge in [-0.1, -0.05) is 42.5 Å². The first-order valence-electron chi connectivity index (χ1n) is 6.83. The van der Waals surface area contributed by atoms with Gasteiger partial charge in [-0.25, -0.2) is 13.4 Å². The minimum Gasteiger partial charge on any atom is -0.279 e. The van der Waals surface area contributed by atoms with E-state index in [4.69, 9.17) is 0 Å². The van der Waals surface area contributed by atoms with Gasteiger partial charge in [0.05, 0.1) is 21.8 Å². The highest BCUT2D eigenvalue weighted by atomic mass is 32.2. The van der Waals surface area contributed by atoms with Crippen molar-refractivity contribution in [3.63, 3.8) is 0 Å². The lowest BCUT2D eigenvalue weighted by Crippen LogP contribution is -2.13. The van der Waals surface area contributed by atoms with Crippen molar-refractivity contribution in [3.8, 4) is 0 Å². The molecule has 0 fully saturated rings. The fraction of sp³-hybridized carbons (Fsp3) is 0. The molecular weight excluding hydrogens is 296 g/mol. The summed E-state index contributed by atoms with van der Waals surface area (Å²) in [5, 5.41) is 1.05. The van der Waals surface area contributed by atoms with Crippen molar-refractivity contribution in [2.75, 3.05) is 0 Å². The van der Waals surface area contributed by atoms with Crippen molar-refractivity contribution < 1.29 is 8.42 Å². The molecular formula is C17H12N2O2S. The lowest BCUT2D eigenvalue weighted by Gasteiger charge is -2.01. The zero-order valence-electron chi connectivity index (χ0n) is 11.5. The minimum absolute atomic E-state index is 0.307. The van der Waals surface area contributed by atoms with Gasteiger partial charge in [-0.05, 0) is 24.3 Å². The summed E-state index contributed by atoms with van der Waals surface area (Å²) in [5.74, 6) is 0. The Morgan fingerprint density at radius 1 is 0.909 bits per heavy atom. The van der Waals surface area contributed by atoms with E-state index in [0.717, 1.165) is 10.9 Å². The van der Waals surface area contributed by atoms with Crippen LogP contribution in [0.1, 0.15) is 11.3 Å². The summed E-state index contributed by atoms with van der Waals surface area (Å²) in [7, 11) is -3.46. The summed E-state index contributed by atoms with van der Waals surface area (Å²) in [4.78, 5) is 4.86.